The zero-order chi connectivity index (χ0) is 14.3. The summed E-state index contributed by atoms with van der Waals surface area (Å²) >= 11 is 0. The number of benzene rings is 1. The van der Waals surface area contributed by atoms with E-state index in [1.54, 1.807) is 31.4 Å². The third-order valence-corrected chi connectivity index (χ3v) is 3.15. The Morgan fingerprint density at radius 1 is 1.11 bits per heavy atom. The molecule has 0 aliphatic carbocycles. The van der Waals surface area contributed by atoms with Gasteiger partial charge in [-0.05, 0) is 37.1 Å². The standard InChI is InChI=1S/C16H22O3/c1-4-6-14(15(17)7-5-2)16(18)12-8-10-13(19-3)11-9-12/h8-11,14H,4-7H2,1-3H3. The fourth-order valence-electron chi connectivity index (χ4n) is 2.10. The number of hydrogen-bond acceptors (Lipinski definition) is 3. The first-order valence-electron chi connectivity index (χ1n) is 6.85. The molecule has 1 rings (SSSR count). The van der Waals surface area contributed by atoms with Crippen LogP contribution in [0.5, 0.6) is 5.75 Å². The van der Waals surface area contributed by atoms with E-state index >= 15 is 0 Å². The van der Waals surface area contributed by atoms with Gasteiger partial charge in [-0.2, -0.15) is 0 Å². The van der Waals surface area contributed by atoms with Crippen molar-refractivity contribution in [2.24, 2.45) is 5.92 Å². The molecule has 1 unspecified atom stereocenters. The number of carbonyl (C=O) groups is 2. The molecule has 104 valence electrons. The highest BCUT2D eigenvalue weighted by Gasteiger charge is 2.25. The Balaban J connectivity index is 2.88. The van der Waals surface area contributed by atoms with Crippen LogP contribution in [-0.4, -0.2) is 18.7 Å². The van der Waals surface area contributed by atoms with Crippen LogP contribution in [0, 0.1) is 5.92 Å². The van der Waals surface area contributed by atoms with Gasteiger partial charge in [0.1, 0.15) is 11.5 Å². The number of hydrogen-bond donors (Lipinski definition) is 0. The molecule has 0 aliphatic rings. The first-order valence-corrected chi connectivity index (χ1v) is 6.85. The van der Waals surface area contributed by atoms with Crippen LogP contribution in [-0.2, 0) is 4.79 Å². The fraction of sp³-hybridized carbons (Fsp3) is 0.500. The maximum absolute atomic E-state index is 12.4. The van der Waals surface area contributed by atoms with E-state index in [2.05, 4.69) is 0 Å². The lowest BCUT2D eigenvalue weighted by molar-refractivity contribution is -0.121. The van der Waals surface area contributed by atoms with Gasteiger partial charge in [-0.15, -0.1) is 0 Å². The van der Waals surface area contributed by atoms with Gasteiger partial charge >= 0.3 is 0 Å². The third-order valence-electron chi connectivity index (χ3n) is 3.15. The van der Waals surface area contributed by atoms with E-state index in [0.717, 1.165) is 12.8 Å². The Kier molecular flexibility index (Phi) is 6.26. The summed E-state index contributed by atoms with van der Waals surface area (Å²) in [5.41, 5.74) is 0.587. The molecule has 0 amide bonds. The van der Waals surface area contributed by atoms with Crippen molar-refractivity contribution >= 4 is 11.6 Å². The molecular weight excluding hydrogens is 240 g/mol. The van der Waals surface area contributed by atoms with Crippen LogP contribution >= 0.6 is 0 Å². The Hall–Kier alpha value is -1.64. The quantitative estimate of drug-likeness (QED) is 0.530. The van der Waals surface area contributed by atoms with E-state index in [1.807, 2.05) is 13.8 Å². The zero-order valence-electron chi connectivity index (χ0n) is 11.9. The van der Waals surface area contributed by atoms with Crippen LogP contribution in [0.15, 0.2) is 24.3 Å². The third kappa shape index (κ3) is 4.19. The minimum atomic E-state index is -0.488. The number of carbonyl (C=O) groups excluding carboxylic acids is 2. The first-order chi connectivity index (χ1) is 9.13. The molecule has 0 aromatic heterocycles. The highest BCUT2D eigenvalue weighted by atomic mass is 16.5. The van der Waals surface area contributed by atoms with Crippen LogP contribution in [0.1, 0.15) is 49.9 Å². The molecule has 3 nitrogen and oxygen atoms in total. The van der Waals surface area contributed by atoms with Gasteiger partial charge in [-0.3, -0.25) is 9.59 Å². The molecule has 0 aliphatic heterocycles. The molecule has 0 bridgehead atoms. The molecule has 0 saturated heterocycles. The summed E-state index contributed by atoms with van der Waals surface area (Å²) in [4.78, 5) is 24.4. The van der Waals surface area contributed by atoms with Gasteiger partial charge in [-0.25, -0.2) is 0 Å². The average molecular weight is 262 g/mol. The maximum atomic E-state index is 12.4. The number of ketones is 2. The minimum absolute atomic E-state index is 0.0603. The Bertz CT molecular complexity index is 420. The monoisotopic (exact) mass is 262 g/mol. The predicted octanol–water partition coefficient (Wildman–Crippen LogP) is 3.66. The molecule has 0 radical (unpaired) electrons. The molecule has 3 heteroatoms. The lowest BCUT2D eigenvalue weighted by Gasteiger charge is -2.13. The Morgan fingerprint density at radius 3 is 2.21 bits per heavy atom. The highest BCUT2D eigenvalue weighted by molar-refractivity contribution is 6.10. The molecule has 0 spiro atoms. The first kappa shape index (κ1) is 15.4. The molecule has 0 N–H and O–H groups in total. The molecule has 1 aromatic rings. The van der Waals surface area contributed by atoms with Crippen molar-refractivity contribution in [3.8, 4) is 5.75 Å². The zero-order valence-corrected chi connectivity index (χ0v) is 11.9. The van der Waals surface area contributed by atoms with Crippen LogP contribution < -0.4 is 4.74 Å². The second kappa shape index (κ2) is 7.72. The number of ether oxygens (including phenoxy) is 1. The lowest BCUT2D eigenvalue weighted by atomic mass is 9.88. The van der Waals surface area contributed by atoms with Crippen LogP contribution in [0.3, 0.4) is 0 Å². The summed E-state index contributed by atoms with van der Waals surface area (Å²) < 4.78 is 5.06. The Morgan fingerprint density at radius 2 is 1.74 bits per heavy atom. The Labute approximate surface area is 115 Å². The van der Waals surface area contributed by atoms with Crippen molar-refractivity contribution in [1.82, 2.24) is 0 Å². The van der Waals surface area contributed by atoms with Gasteiger partial charge in [0.05, 0.1) is 13.0 Å². The summed E-state index contributed by atoms with van der Waals surface area (Å²) in [6.07, 6.45) is 2.73. The van der Waals surface area contributed by atoms with Crippen molar-refractivity contribution in [1.29, 1.82) is 0 Å². The summed E-state index contributed by atoms with van der Waals surface area (Å²) in [6.45, 7) is 3.95. The van der Waals surface area contributed by atoms with E-state index in [4.69, 9.17) is 4.74 Å². The summed E-state index contributed by atoms with van der Waals surface area (Å²) in [5.74, 6) is 0.218. The average Bonchev–Trinajstić information content (AvgIpc) is 2.44. The second-order valence-corrected chi connectivity index (χ2v) is 4.65. The SMILES string of the molecule is CCCC(=O)C(CCC)C(=O)c1ccc(OC)cc1. The van der Waals surface area contributed by atoms with Crippen molar-refractivity contribution < 1.29 is 14.3 Å². The smallest absolute Gasteiger partial charge is 0.173 e. The largest absolute Gasteiger partial charge is 0.497 e. The van der Waals surface area contributed by atoms with Gasteiger partial charge in [0.15, 0.2) is 5.78 Å². The van der Waals surface area contributed by atoms with E-state index in [0.29, 0.717) is 24.2 Å². The fourth-order valence-corrected chi connectivity index (χ4v) is 2.10. The van der Waals surface area contributed by atoms with Gasteiger partial charge in [0.2, 0.25) is 0 Å². The highest BCUT2D eigenvalue weighted by Crippen LogP contribution is 2.20. The molecule has 19 heavy (non-hydrogen) atoms. The number of methoxy groups -OCH3 is 1. The van der Waals surface area contributed by atoms with Gasteiger partial charge in [0, 0.05) is 12.0 Å². The molecule has 1 atom stereocenters. The van der Waals surface area contributed by atoms with E-state index in [-0.39, 0.29) is 11.6 Å². The minimum Gasteiger partial charge on any atom is -0.497 e. The molecule has 0 heterocycles. The lowest BCUT2D eigenvalue weighted by Crippen LogP contribution is -2.24. The summed E-state index contributed by atoms with van der Waals surface area (Å²) in [6, 6.07) is 6.95. The normalized spacial score (nSPS) is 11.9. The summed E-state index contributed by atoms with van der Waals surface area (Å²) in [7, 11) is 1.58. The van der Waals surface area contributed by atoms with Gasteiger partial charge in [-0.1, -0.05) is 20.3 Å². The summed E-state index contributed by atoms with van der Waals surface area (Å²) in [5, 5.41) is 0. The van der Waals surface area contributed by atoms with E-state index < -0.39 is 5.92 Å². The second-order valence-electron chi connectivity index (χ2n) is 4.65. The number of rotatable bonds is 8. The maximum Gasteiger partial charge on any atom is 0.173 e. The van der Waals surface area contributed by atoms with Crippen molar-refractivity contribution in [3.05, 3.63) is 29.8 Å². The van der Waals surface area contributed by atoms with Crippen molar-refractivity contribution in [3.63, 3.8) is 0 Å². The topological polar surface area (TPSA) is 43.4 Å². The molecule has 0 fully saturated rings. The van der Waals surface area contributed by atoms with E-state index in [9.17, 15) is 9.59 Å². The van der Waals surface area contributed by atoms with Gasteiger partial charge < -0.3 is 4.74 Å². The number of Topliss-reactive ketones (excluding diaryl/α,β-unsaturated/α-hetero) is 2. The van der Waals surface area contributed by atoms with Crippen LogP contribution in [0.25, 0.3) is 0 Å². The predicted molar refractivity (Wildman–Crippen MR) is 75.6 cm³/mol. The molecule has 0 saturated carbocycles. The van der Waals surface area contributed by atoms with Crippen molar-refractivity contribution in [2.75, 3.05) is 7.11 Å². The van der Waals surface area contributed by atoms with E-state index in [1.165, 1.54) is 0 Å². The molecule has 1 aromatic carbocycles. The van der Waals surface area contributed by atoms with Crippen molar-refractivity contribution in [2.45, 2.75) is 39.5 Å². The van der Waals surface area contributed by atoms with Crippen LogP contribution in [0.4, 0.5) is 0 Å². The van der Waals surface area contributed by atoms with Crippen LogP contribution in [0.2, 0.25) is 0 Å². The van der Waals surface area contributed by atoms with Gasteiger partial charge in [0.25, 0.3) is 0 Å². The molecular formula is C16H22O3.